The third kappa shape index (κ3) is 3.35. The molecular formula is C18H25N5O. The summed E-state index contributed by atoms with van der Waals surface area (Å²) in [7, 11) is 0. The minimum atomic E-state index is 0.216. The van der Waals surface area contributed by atoms with Crippen LogP contribution in [0.1, 0.15) is 26.2 Å². The second kappa shape index (κ2) is 6.99. The highest BCUT2D eigenvalue weighted by Gasteiger charge is 2.28. The van der Waals surface area contributed by atoms with Crippen molar-refractivity contribution >= 4 is 16.9 Å². The number of morpholine rings is 1. The summed E-state index contributed by atoms with van der Waals surface area (Å²) < 4.78 is 6.22. The number of ether oxygens (including phenoxy) is 1. The number of anilines is 1. The van der Waals surface area contributed by atoms with E-state index >= 15 is 0 Å². The molecule has 0 aliphatic carbocycles. The van der Waals surface area contributed by atoms with Crippen LogP contribution in [0.25, 0.3) is 11.2 Å². The largest absolute Gasteiger partial charge is 0.370 e. The molecule has 4 heterocycles. The molecule has 4 rings (SSSR count). The Balaban J connectivity index is 1.53. The molecule has 6 heteroatoms. The van der Waals surface area contributed by atoms with Crippen molar-refractivity contribution in [3.63, 3.8) is 0 Å². The first-order chi connectivity index (χ1) is 11.8. The summed E-state index contributed by atoms with van der Waals surface area (Å²) in [6.45, 7) is 7.37. The van der Waals surface area contributed by atoms with E-state index < -0.39 is 0 Å². The lowest BCUT2D eigenvalue weighted by Crippen LogP contribution is -2.51. The van der Waals surface area contributed by atoms with Crippen LogP contribution in [-0.4, -0.2) is 64.8 Å². The number of likely N-dealkylation sites (tertiary alicyclic amines) is 1. The van der Waals surface area contributed by atoms with Crippen LogP contribution in [0.2, 0.25) is 0 Å². The van der Waals surface area contributed by atoms with Gasteiger partial charge in [-0.25, -0.2) is 15.0 Å². The van der Waals surface area contributed by atoms with Gasteiger partial charge in [0, 0.05) is 38.2 Å². The van der Waals surface area contributed by atoms with Crippen molar-refractivity contribution in [3.8, 4) is 0 Å². The molecule has 24 heavy (non-hydrogen) atoms. The molecule has 2 aromatic rings. The maximum Gasteiger partial charge on any atom is 0.180 e. The van der Waals surface area contributed by atoms with Crippen LogP contribution in [-0.2, 0) is 4.74 Å². The van der Waals surface area contributed by atoms with Gasteiger partial charge in [0.2, 0.25) is 0 Å². The third-order valence-electron chi connectivity index (χ3n) is 4.93. The number of aromatic nitrogens is 3. The topological polar surface area (TPSA) is 54.4 Å². The summed E-state index contributed by atoms with van der Waals surface area (Å²) >= 11 is 0. The van der Waals surface area contributed by atoms with Gasteiger partial charge in [-0.15, -0.1) is 0 Å². The standard InChI is InChI=1S/C18H25N5O/c1-14-11-23(13-15(24-14)12-22-9-3-2-4-10-22)16-5-6-20-18-17(16)19-7-8-21-18/h5-8,14-15H,2-4,9-13H2,1H3/t14-,15+/m1/s1. The lowest BCUT2D eigenvalue weighted by molar-refractivity contribution is -0.0342. The molecule has 2 atom stereocenters. The van der Waals surface area contributed by atoms with Crippen molar-refractivity contribution < 1.29 is 4.74 Å². The van der Waals surface area contributed by atoms with Crippen molar-refractivity contribution in [2.24, 2.45) is 0 Å². The number of fused-ring (bicyclic) bond motifs is 1. The van der Waals surface area contributed by atoms with E-state index in [4.69, 9.17) is 4.74 Å². The molecule has 0 amide bonds. The fourth-order valence-corrected chi connectivity index (χ4v) is 3.89. The highest BCUT2D eigenvalue weighted by molar-refractivity contribution is 5.85. The number of pyridine rings is 1. The second-order valence-corrected chi connectivity index (χ2v) is 6.89. The summed E-state index contributed by atoms with van der Waals surface area (Å²) in [6.07, 6.45) is 9.72. The smallest absolute Gasteiger partial charge is 0.180 e. The van der Waals surface area contributed by atoms with Gasteiger partial charge in [-0.1, -0.05) is 6.42 Å². The van der Waals surface area contributed by atoms with Crippen molar-refractivity contribution in [1.29, 1.82) is 0 Å². The van der Waals surface area contributed by atoms with Crippen molar-refractivity contribution in [1.82, 2.24) is 19.9 Å². The number of hydrogen-bond donors (Lipinski definition) is 0. The zero-order valence-corrected chi connectivity index (χ0v) is 14.3. The van der Waals surface area contributed by atoms with E-state index in [1.54, 1.807) is 12.4 Å². The van der Waals surface area contributed by atoms with E-state index in [1.165, 1.54) is 32.4 Å². The molecule has 0 aromatic carbocycles. The van der Waals surface area contributed by atoms with E-state index in [2.05, 4.69) is 31.7 Å². The van der Waals surface area contributed by atoms with E-state index in [0.29, 0.717) is 5.65 Å². The summed E-state index contributed by atoms with van der Waals surface area (Å²) in [5.74, 6) is 0. The zero-order valence-electron chi connectivity index (χ0n) is 14.3. The highest BCUT2D eigenvalue weighted by atomic mass is 16.5. The van der Waals surface area contributed by atoms with Crippen molar-refractivity contribution in [2.75, 3.05) is 37.6 Å². The molecule has 0 spiro atoms. The normalized spacial score (nSPS) is 26.0. The van der Waals surface area contributed by atoms with Crippen molar-refractivity contribution in [2.45, 2.75) is 38.4 Å². The number of hydrogen-bond acceptors (Lipinski definition) is 6. The van der Waals surface area contributed by atoms with Crippen LogP contribution in [0.15, 0.2) is 24.7 Å². The molecule has 2 saturated heterocycles. The SMILES string of the molecule is C[C@@H]1CN(c2ccnc3nccnc23)C[C@H](CN2CCCCC2)O1. The van der Waals surface area contributed by atoms with Crippen LogP contribution in [0.3, 0.4) is 0 Å². The van der Waals surface area contributed by atoms with Crippen LogP contribution < -0.4 is 4.90 Å². The van der Waals surface area contributed by atoms with E-state index in [9.17, 15) is 0 Å². The summed E-state index contributed by atoms with van der Waals surface area (Å²) in [6, 6.07) is 2.05. The Hall–Kier alpha value is -1.79. The quantitative estimate of drug-likeness (QED) is 0.860. The average molecular weight is 327 g/mol. The molecule has 0 bridgehead atoms. The summed E-state index contributed by atoms with van der Waals surface area (Å²) in [4.78, 5) is 18.1. The van der Waals surface area contributed by atoms with Gasteiger partial charge in [-0.3, -0.25) is 0 Å². The lowest BCUT2D eigenvalue weighted by atomic mass is 10.1. The highest BCUT2D eigenvalue weighted by Crippen LogP contribution is 2.26. The molecule has 2 aromatic heterocycles. The third-order valence-corrected chi connectivity index (χ3v) is 4.93. The minimum Gasteiger partial charge on any atom is -0.370 e. The van der Waals surface area contributed by atoms with Gasteiger partial charge in [0.1, 0.15) is 5.52 Å². The minimum absolute atomic E-state index is 0.216. The average Bonchev–Trinajstić information content (AvgIpc) is 2.61. The van der Waals surface area contributed by atoms with Crippen LogP contribution in [0, 0.1) is 0 Å². The summed E-state index contributed by atoms with van der Waals surface area (Å²) in [5.41, 5.74) is 2.71. The predicted octanol–water partition coefficient (Wildman–Crippen LogP) is 2.10. The molecule has 2 aliphatic heterocycles. The molecule has 128 valence electrons. The molecule has 0 unspecified atom stereocenters. The molecule has 2 aliphatic rings. The van der Waals surface area contributed by atoms with Gasteiger partial charge < -0.3 is 14.5 Å². The van der Waals surface area contributed by atoms with Crippen LogP contribution in [0.5, 0.6) is 0 Å². The molecule has 2 fully saturated rings. The molecular weight excluding hydrogens is 302 g/mol. The lowest BCUT2D eigenvalue weighted by Gasteiger charge is -2.40. The van der Waals surface area contributed by atoms with Gasteiger partial charge in [0.05, 0.1) is 17.9 Å². The number of piperidine rings is 1. The molecule has 6 nitrogen and oxygen atoms in total. The monoisotopic (exact) mass is 327 g/mol. The molecule has 0 N–H and O–H groups in total. The van der Waals surface area contributed by atoms with Gasteiger partial charge >= 0.3 is 0 Å². The molecule has 0 saturated carbocycles. The first-order valence-electron chi connectivity index (χ1n) is 8.98. The first kappa shape index (κ1) is 15.7. The van der Waals surface area contributed by atoms with E-state index in [-0.39, 0.29) is 12.2 Å². The Morgan fingerprint density at radius 2 is 1.83 bits per heavy atom. The Morgan fingerprint density at radius 3 is 2.71 bits per heavy atom. The second-order valence-electron chi connectivity index (χ2n) is 6.89. The van der Waals surface area contributed by atoms with Crippen LogP contribution in [0.4, 0.5) is 5.69 Å². The Bertz CT molecular complexity index is 683. The van der Waals surface area contributed by atoms with Crippen molar-refractivity contribution in [3.05, 3.63) is 24.7 Å². The van der Waals surface area contributed by atoms with Gasteiger partial charge in [-0.2, -0.15) is 0 Å². The fraction of sp³-hybridized carbons (Fsp3) is 0.611. The summed E-state index contributed by atoms with van der Waals surface area (Å²) in [5, 5.41) is 0. The first-order valence-corrected chi connectivity index (χ1v) is 8.98. The zero-order chi connectivity index (χ0) is 16.4. The maximum atomic E-state index is 6.22. The number of rotatable bonds is 3. The Kier molecular flexibility index (Phi) is 4.58. The van der Waals surface area contributed by atoms with Crippen LogP contribution >= 0.6 is 0 Å². The molecule has 0 radical (unpaired) electrons. The van der Waals surface area contributed by atoms with E-state index in [1.807, 2.05) is 12.3 Å². The fourth-order valence-electron chi connectivity index (χ4n) is 3.89. The maximum absolute atomic E-state index is 6.22. The van der Waals surface area contributed by atoms with Gasteiger partial charge in [0.15, 0.2) is 5.65 Å². The Morgan fingerprint density at radius 1 is 1.04 bits per heavy atom. The van der Waals surface area contributed by atoms with E-state index in [0.717, 1.165) is 30.8 Å². The predicted molar refractivity (Wildman–Crippen MR) is 94.2 cm³/mol. The Labute approximate surface area is 142 Å². The van der Waals surface area contributed by atoms with Gasteiger partial charge in [-0.05, 0) is 38.9 Å². The number of nitrogens with zero attached hydrogens (tertiary/aromatic N) is 5. The van der Waals surface area contributed by atoms with Gasteiger partial charge in [0.25, 0.3) is 0 Å².